The van der Waals surface area contributed by atoms with Crippen molar-refractivity contribution in [3.8, 4) is 5.75 Å². The lowest BCUT2D eigenvalue weighted by molar-refractivity contribution is -0.140. The van der Waals surface area contributed by atoms with E-state index in [1.807, 2.05) is 12.1 Å². The second-order valence-electron chi connectivity index (χ2n) is 8.14. The average molecular weight is 453 g/mol. The quantitative estimate of drug-likeness (QED) is 0.402. The van der Waals surface area contributed by atoms with E-state index in [-0.39, 0.29) is 11.3 Å². The lowest BCUT2D eigenvalue weighted by atomic mass is 9.95. The first-order valence-corrected chi connectivity index (χ1v) is 10.9. The molecule has 4 rings (SSSR count). The zero-order chi connectivity index (χ0) is 23.5. The SMILES string of the molecule is COc1ccc(C2/C(=C(\O)c3cnc(C)nc3C)C(=O)C(=O)N2CCN2CCOCC2)cc1. The number of morpholine rings is 1. The summed E-state index contributed by atoms with van der Waals surface area (Å²) in [7, 11) is 1.57. The summed E-state index contributed by atoms with van der Waals surface area (Å²) in [5.41, 5.74) is 1.63. The summed E-state index contributed by atoms with van der Waals surface area (Å²) in [5.74, 6) is -0.388. The molecule has 9 heteroatoms. The van der Waals surface area contributed by atoms with E-state index in [0.29, 0.717) is 54.7 Å². The molecule has 1 aromatic carbocycles. The Kier molecular flexibility index (Phi) is 6.71. The summed E-state index contributed by atoms with van der Waals surface area (Å²) >= 11 is 0. The molecule has 174 valence electrons. The molecule has 1 aromatic heterocycles. The van der Waals surface area contributed by atoms with Gasteiger partial charge in [-0.25, -0.2) is 9.97 Å². The van der Waals surface area contributed by atoms with Gasteiger partial charge in [0.2, 0.25) is 0 Å². The molecule has 1 amide bonds. The Balaban J connectivity index is 1.75. The zero-order valence-corrected chi connectivity index (χ0v) is 19.1. The first kappa shape index (κ1) is 22.9. The highest BCUT2D eigenvalue weighted by atomic mass is 16.5. The first-order valence-electron chi connectivity index (χ1n) is 10.9. The molecule has 2 aliphatic rings. The maximum absolute atomic E-state index is 13.2. The topological polar surface area (TPSA) is 105 Å². The maximum atomic E-state index is 13.2. The third kappa shape index (κ3) is 4.60. The van der Waals surface area contributed by atoms with Crippen LogP contribution in [0.3, 0.4) is 0 Å². The van der Waals surface area contributed by atoms with Crippen LogP contribution >= 0.6 is 0 Å². The predicted octanol–water partition coefficient (Wildman–Crippen LogP) is 1.86. The molecular weight excluding hydrogens is 424 g/mol. The normalized spacial score (nSPS) is 20.9. The van der Waals surface area contributed by atoms with Gasteiger partial charge in [-0.2, -0.15) is 0 Å². The van der Waals surface area contributed by atoms with Gasteiger partial charge in [0.15, 0.2) is 0 Å². The van der Waals surface area contributed by atoms with Crippen LogP contribution in [0.15, 0.2) is 36.0 Å². The van der Waals surface area contributed by atoms with E-state index in [2.05, 4.69) is 14.9 Å². The number of aliphatic hydroxyl groups is 1. The van der Waals surface area contributed by atoms with Crippen molar-refractivity contribution in [2.45, 2.75) is 19.9 Å². The van der Waals surface area contributed by atoms with Gasteiger partial charge in [-0.1, -0.05) is 12.1 Å². The minimum atomic E-state index is -0.724. The lowest BCUT2D eigenvalue weighted by Gasteiger charge is -2.31. The van der Waals surface area contributed by atoms with Crippen LogP contribution in [0, 0.1) is 13.8 Å². The largest absolute Gasteiger partial charge is 0.507 e. The number of aryl methyl sites for hydroxylation is 2. The van der Waals surface area contributed by atoms with Crippen LogP contribution in [0.2, 0.25) is 0 Å². The average Bonchev–Trinajstić information content (AvgIpc) is 3.08. The molecule has 1 unspecified atom stereocenters. The Labute approximate surface area is 192 Å². The highest BCUT2D eigenvalue weighted by Gasteiger charge is 2.46. The second kappa shape index (κ2) is 9.68. The van der Waals surface area contributed by atoms with Gasteiger partial charge in [0.25, 0.3) is 11.7 Å². The van der Waals surface area contributed by atoms with E-state index < -0.39 is 17.7 Å². The lowest BCUT2D eigenvalue weighted by Crippen LogP contribution is -2.42. The summed E-state index contributed by atoms with van der Waals surface area (Å²) in [6.45, 7) is 7.28. The van der Waals surface area contributed by atoms with Gasteiger partial charge in [0.05, 0.1) is 43.2 Å². The summed E-state index contributed by atoms with van der Waals surface area (Å²) < 4.78 is 10.7. The Hall–Kier alpha value is -3.30. The molecule has 1 N–H and O–H groups in total. The fourth-order valence-electron chi connectivity index (χ4n) is 4.28. The van der Waals surface area contributed by atoms with E-state index in [9.17, 15) is 14.7 Å². The van der Waals surface area contributed by atoms with Gasteiger partial charge in [0, 0.05) is 32.4 Å². The molecule has 2 aliphatic heterocycles. The third-order valence-corrected chi connectivity index (χ3v) is 6.09. The number of hydrogen-bond donors (Lipinski definition) is 1. The van der Waals surface area contributed by atoms with Gasteiger partial charge < -0.3 is 19.5 Å². The number of hydrogen-bond acceptors (Lipinski definition) is 8. The van der Waals surface area contributed by atoms with Crippen LogP contribution in [0.4, 0.5) is 0 Å². The number of Topliss-reactive ketones (excluding diaryl/α,β-unsaturated/α-hetero) is 1. The number of ketones is 1. The molecule has 2 aromatic rings. The van der Waals surface area contributed by atoms with Crippen LogP contribution in [0.5, 0.6) is 5.75 Å². The summed E-state index contributed by atoms with van der Waals surface area (Å²) in [5, 5.41) is 11.2. The number of ether oxygens (including phenoxy) is 2. The molecule has 0 saturated carbocycles. The van der Waals surface area contributed by atoms with Gasteiger partial charge in [-0.3, -0.25) is 14.5 Å². The Morgan fingerprint density at radius 3 is 2.48 bits per heavy atom. The molecule has 0 spiro atoms. The smallest absolute Gasteiger partial charge is 0.295 e. The minimum Gasteiger partial charge on any atom is -0.507 e. The second-order valence-corrected chi connectivity index (χ2v) is 8.14. The highest BCUT2D eigenvalue weighted by Crippen LogP contribution is 2.40. The van der Waals surface area contributed by atoms with Crippen molar-refractivity contribution < 1.29 is 24.2 Å². The summed E-state index contributed by atoms with van der Waals surface area (Å²) in [6, 6.07) is 6.44. The summed E-state index contributed by atoms with van der Waals surface area (Å²) in [6.07, 6.45) is 1.49. The van der Waals surface area contributed by atoms with E-state index >= 15 is 0 Å². The molecule has 2 fully saturated rings. The van der Waals surface area contributed by atoms with Crippen molar-refractivity contribution in [1.82, 2.24) is 19.8 Å². The van der Waals surface area contributed by atoms with Crippen LogP contribution < -0.4 is 4.74 Å². The molecule has 1 atom stereocenters. The fraction of sp³-hybridized carbons (Fsp3) is 0.417. The Bertz CT molecular complexity index is 1080. The Morgan fingerprint density at radius 2 is 1.85 bits per heavy atom. The number of carbonyl (C=O) groups is 2. The number of likely N-dealkylation sites (tertiary alicyclic amines) is 1. The fourth-order valence-corrected chi connectivity index (χ4v) is 4.28. The van der Waals surface area contributed by atoms with E-state index in [1.54, 1.807) is 33.1 Å². The van der Waals surface area contributed by atoms with E-state index in [1.165, 1.54) is 11.1 Å². The van der Waals surface area contributed by atoms with E-state index in [0.717, 1.165) is 13.1 Å². The first-order chi connectivity index (χ1) is 15.9. The van der Waals surface area contributed by atoms with E-state index in [4.69, 9.17) is 9.47 Å². The van der Waals surface area contributed by atoms with Crippen LogP contribution in [0.1, 0.15) is 28.7 Å². The van der Waals surface area contributed by atoms with Crippen LogP contribution in [-0.2, 0) is 14.3 Å². The molecule has 0 aliphatic carbocycles. The van der Waals surface area contributed by atoms with Gasteiger partial charge in [-0.05, 0) is 31.5 Å². The number of nitrogens with zero attached hydrogens (tertiary/aromatic N) is 4. The number of aliphatic hydroxyl groups excluding tert-OH is 1. The Morgan fingerprint density at radius 1 is 1.15 bits per heavy atom. The third-order valence-electron chi connectivity index (χ3n) is 6.09. The van der Waals surface area contributed by atoms with Gasteiger partial charge >= 0.3 is 0 Å². The molecule has 0 bridgehead atoms. The molecule has 3 heterocycles. The number of amides is 1. The molecule has 33 heavy (non-hydrogen) atoms. The number of methoxy groups -OCH3 is 1. The maximum Gasteiger partial charge on any atom is 0.295 e. The molecule has 2 saturated heterocycles. The number of benzene rings is 1. The number of aromatic nitrogens is 2. The molecular formula is C24H28N4O5. The van der Waals surface area contributed by atoms with Gasteiger partial charge in [0.1, 0.15) is 17.3 Å². The minimum absolute atomic E-state index is 0.0442. The van der Waals surface area contributed by atoms with Crippen LogP contribution in [-0.4, -0.2) is 83.1 Å². The standard InChI is InChI=1S/C24H28N4O5/c1-15-19(14-25-16(2)26-15)22(29)20-21(17-4-6-18(32-3)7-5-17)28(24(31)23(20)30)9-8-27-10-12-33-13-11-27/h4-7,14,21,29H,8-13H2,1-3H3/b22-20+. The van der Waals surface area contributed by atoms with Gasteiger partial charge in [-0.15, -0.1) is 0 Å². The summed E-state index contributed by atoms with van der Waals surface area (Å²) in [4.78, 5) is 38.5. The number of carbonyl (C=O) groups excluding carboxylic acids is 2. The predicted molar refractivity (Wildman–Crippen MR) is 121 cm³/mol. The van der Waals surface area contributed by atoms with Crippen molar-refractivity contribution in [2.75, 3.05) is 46.5 Å². The molecule has 0 radical (unpaired) electrons. The zero-order valence-electron chi connectivity index (χ0n) is 19.1. The number of rotatable bonds is 6. The van der Waals surface area contributed by atoms with Crippen molar-refractivity contribution in [2.24, 2.45) is 0 Å². The van der Waals surface area contributed by atoms with Crippen molar-refractivity contribution in [3.05, 3.63) is 58.7 Å². The monoisotopic (exact) mass is 452 g/mol. The van der Waals surface area contributed by atoms with Crippen molar-refractivity contribution in [1.29, 1.82) is 0 Å². The van der Waals surface area contributed by atoms with Crippen LogP contribution in [0.25, 0.3) is 5.76 Å². The molecule has 9 nitrogen and oxygen atoms in total. The van der Waals surface area contributed by atoms with Crippen molar-refractivity contribution >= 4 is 17.4 Å². The van der Waals surface area contributed by atoms with Crippen molar-refractivity contribution in [3.63, 3.8) is 0 Å². The highest BCUT2D eigenvalue weighted by molar-refractivity contribution is 6.46.